The van der Waals surface area contributed by atoms with Crippen molar-refractivity contribution in [2.24, 2.45) is 23.3 Å². The number of aliphatic carboxylic acids is 1. The molecule has 3 unspecified atom stereocenters. The van der Waals surface area contributed by atoms with Crippen LogP contribution in [0.5, 0.6) is 0 Å². The Morgan fingerprint density at radius 1 is 0.909 bits per heavy atom. The van der Waals surface area contributed by atoms with Gasteiger partial charge >= 0.3 is 12.1 Å². The Balaban J connectivity index is 3.01. The van der Waals surface area contributed by atoms with Crippen molar-refractivity contribution >= 4 is 35.7 Å². The Morgan fingerprint density at radius 3 is 2.02 bits per heavy atom. The zero-order chi connectivity index (χ0) is 33.6. The summed E-state index contributed by atoms with van der Waals surface area (Å²) in [5.74, 6) is -6.59. The van der Waals surface area contributed by atoms with E-state index < -0.39 is 84.8 Å². The number of aliphatic hydroxyl groups is 1. The first-order valence-corrected chi connectivity index (χ1v) is 14.6. The number of hydrogen-bond donors (Lipinski definition) is 5. The van der Waals surface area contributed by atoms with Crippen molar-refractivity contribution in [1.29, 1.82) is 0 Å². The van der Waals surface area contributed by atoms with Gasteiger partial charge in [0.1, 0.15) is 12.1 Å². The normalized spacial score (nSPS) is 14.5. The quantitative estimate of drug-likeness (QED) is 0.152. The molecule has 44 heavy (non-hydrogen) atoms. The zero-order valence-electron chi connectivity index (χ0n) is 26.1. The van der Waals surface area contributed by atoms with Crippen molar-refractivity contribution in [1.82, 2.24) is 15.1 Å². The van der Waals surface area contributed by atoms with Gasteiger partial charge in [-0.2, -0.15) is 0 Å². The third-order valence-electron chi connectivity index (χ3n) is 7.20. The standard InChI is InChI=1S/C30H47N5O9/c1-18(2)25(29(41)42)35(23(37)15-11-7-10-14-21-12-8-6-9-13-21)28(40)24(32)22(17-36)16-33-26(38)20(4)34(30(43)44-5)27(39)19(3)31/h6,8-9,12-13,18-20,22,24-25,36H,7,10-11,14-17,31-32H2,1-5H3,(H,33,38)(H,41,42)/t19-,20-,22?,24?,25?/m0/s1. The number of hydrogen-bond acceptors (Lipinski definition) is 10. The number of nitrogens with two attached hydrogens (primary N) is 2. The fraction of sp³-hybridized carbons (Fsp3) is 0.600. The Hall–Kier alpha value is -3.88. The minimum atomic E-state index is -1.57. The van der Waals surface area contributed by atoms with E-state index in [4.69, 9.17) is 11.5 Å². The highest BCUT2D eigenvalue weighted by atomic mass is 16.5. The van der Waals surface area contributed by atoms with Gasteiger partial charge in [-0.25, -0.2) is 14.5 Å². The maximum atomic E-state index is 13.6. The van der Waals surface area contributed by atoms with Gasteiger partial charge in [0.05, 0.1) is 19.2 Å². The molecule has 0 aromatic heterocycles. The number of ether oxygens (including phenoxy) is 1. The highest BCUT2D eigenvalue weighted by Crippen LogP contribution is 2.19. The number of imide groups is 2. The first-order valence-electron chi connectivity index (χ1n) is 14.6. The van der Waals surface area contributed by atoms with Crippen LogP contribution in [0.1, 0.15) is 58.9 Å². The van der Waals surface area contributed by atoms with E-state index in [1.807, 2.05) is 30.3 Å². The molecule has 0 radical (unpaired) electrons. The van der Waals surface area contributed by atoms with E-state index in [2.05, 4.69) is 10.1 Å². The van der Waals surface area contributed by atoms with E-state index >= 15 is 0 Å². The molecule has 5 atom stereocenters. The van der Waals surface area contributed by atoms with Crippen LogP contribution >= 0.6 is 0 Å². The molecular weight excluding hydrogens is 574 g/mol. The first kappa shape index (κ1) is 38.1. The van der Waals surface area contributed by atoms with E-state index in [-0.39, 0.29) is 6.42 Å². The molecule has 14 nitrogen and oxygen atoms in total. The molecular formula is C30H47N5O9. The van der Waals surface area contributed by atoms with Gasteiger partial charge in [-0.15, -0.1) is 0 Å². The predicted molar refractivity (Wildman–Crippen MR) is 161 cm³/mol. The number of carboxylic acid groups (broad SMARTS) is 1. The van der Waals surface area contributed by atoms with Gasteiger partial charge in [0.25, 0.3) is 0 Å². The van der Waals surface area contributed by atoms with Gasteiger partial charge in [0.15, 0.2) is 0 Å². The molecule has 5 amide bonds. The van der Waals surface area contributed by atoms with Gasteiger partial charge in [0, 0.05) is 25.5 Å². The van der Waals surface area contributed by atoms with Crippen LogP contribution in [0.3, 0.4) is 0 Å². The zero-order valence-corrected chi connectivity index (χ0v) is 26.1. The van der Waals surface area contributed by atoms with Gasteiger partial charge in [-0.1, -0.05) is 50.6 Å². The molecule has 0 fully saturated rings. The molecule has 1 aromatic carbocycles. The molecule has 0 aliphatic heterocycles. The van der Waals surface area contributed by atoms with Crippen LogP contribution in [0.4, 0.5) is 4.79 Å². The van der Waals surface area contributed by atoms with Crippen molar-refractivity contribution in [3.8, 4) is 0 Å². The van der Waals surface area contributed by atoms with Gasteiger partial charge < -0.3 is 31.7 Å². The van der Waals surface area contributed by atoms with Crippen LogP contribution in [-0.4, -0.2) is 100 Å². The molecule has 0 aliphatic rings. The van der Waals surface area contributed by atoms with Crippen LogP contribution in [0.25, 0.3) is 0 Å². The maximum absolute atomic E-state index is 13.6. The van der Waals surface area contributed by atoms with Crippen LogP contribution in [0.15, 0.2) is 30.3 Å². The number of benzene rings is 1. The van der Waals surface area contributed by atoms with Crippen LogP contribution in [0, 0.1) is 11.8 Å². The summed E-state index contributed by atoms with van der Waals surface area (Å²) in [5, 5.41) is 22.3. The lowest BCUT2D eigenvalue weighted by Gasteiger charge is -2.34. The number of aryl methyl sites for hydroxylation is 1. The molecule has 0 saturated carbocycles. The van der Waals surface area contributed by atoms with E-state index in [0.717, 1.165) is 25.5 Å². The highest BCUT2D eigenvalue weighted by molar-refractivity contribution is 6.02. The highest BCUT2D eigenvalue weighted by Gasteiger charge is 2.41. The van der Waals surface area contributed by atoms with Gasteiger partial charge in [0.2, 0.25) is 23.6 Å². The van der Waals surface area contributed by atoms with Gasteiger partial charge in [-0.05, 0) is 44.6 Å². The Morgan fingerprint density at radius 2 is 1.52 bits per heavy atom. The molecule has 0 saturated heterocycles. The first-order chi connectivity index (χ1) is 20.7. The van der Waals surface area contributed by atoms with Crippen LogP contribution < -0.4 is 16.8 Å². The molecule has 7 N–H and O–H groups in total. The molecule has 1 aromatic rings. The molecule has 14 heteroatoms. The molecule has 0 aliphatic carbocycles. The molecule has 0 bridgehead atoms. The Bertz CT molecular complexity index is 1130. The second kappa shape index (κ2) is 18.7. The van der Waals surface area contributed by atoms with Crippen molar-refractivity contribution < 1.29 is 43.7 Å². The molecule has 0 heterocycles. The number of aliphatic hydroxyl groups excluding tert-OH is 1. The summed E-state index contributed by atoms with van der Waals surface area (Å²) in [6, 6.07) is 4.25. The third-order valence-corrected chi connectivity index (χ3v) is 7.20. The topological polar surface area (TPSA) is 223 Å². The second-order valence-corrected chi connectivity index (χ2v) is 11.0. The third kappa shape index (κ3) is 11.0. The lowest BCUT2D eigenvalue weighted by Crippen LogP contribution is -2.59. The number of unbranched alkanes of at least 4 members (excludes halogenated alkanes) is 2. The monoisotopic (exact) mass is 621 g/mol. The van der Waals surface area contributed by atoms with E-state index in [1.165, 1.54) is 13.8 Å². The lowest BCUT2D eigenvalue weighted by molar-refractivity contribution is -0.161. The number of nitrogens with one attached hydrogen (secondary N) is 1. The summed E-state index contributed by atoms with van der Waals surface area (Å²) < 4.78 is 4.58. The molecule has 1 rings (SSSR count). The fourth-order valence-electron chi connectivity index (χ4n) is 4.58. The van der Waals surface area contributed by atoms with Crippen molar-refractivity contribution in [3.05, 3.63) is 35.9 Å². The number of carbonyl (C=O) groups is 6. The average molecular weight is 622 g/mol. The number of methoxy groups -OCH3 is 1. The van der Waals surface area contributed by atoms with Crippen LogP contribution in [-0.2, 0) is 35.1 Å². The van der Waals surface area contributed by atoms with E-state index in [1.54, 1.807) is 13.8 Å². The van der Waals surface area contributed by atoms with Crippen molar-refractivity contribution in [3.63, 3.8) is 0 Å². The molecule has 246 valence electrons. The summed E-state index contributed by atoms with van der Waals surface area (Å²) in [6.07, 6.45) is 1.51. The SMILES string of the molecule is COC(=O)N(C(=O)[C@H](C)N)[C@@H](C)C(=O)NCC(CO)C(N)C(=O)N(C(=O)CCCCCc1ccccc1)C(C(=O)O)C(C)C. The summed E-state index contributed by atoms with van der Waals surface area (Å²) in [5.41, 5.74) is 12.9. The Kier molecular flexibility index (Phi) is 16.2. The number of rotatable bonds is 17. The lowest BCUT2D eigenvalue weighted by atomic mass is 9.95. The average Bonchev–Trinajstić information content (AvgIpc) is 2.98. The fourth-order valence-corrected chi connectivity index (χ4v) is 4.58. The molecule has 0 spiro atoms. The smallest absolute Gasteiger partial charge is 0.417 e. The largest absolute Gasteiger partial charge is 0.480 e. The number of nitrogens with zero attached hydrogens (tertiary/aromatic N) is 2. The van der Waals surface area contributed by atoms with E-state index in [9.17, 15) is 39.0 Å². The van der Waals surface area contributed by atoms with E-state index in [0.29, 0.717) is 22.6 Å². The summed E-state index contributed by atoms with van der Waals surface area (Å²) >= 11 is 0. The summed E-state index contributed by atoms with van der Waals surface area (Å²) in [4.78, 5) is 77.6. The van der Waals surface area contributed by atoms with Crippen LogP contribution in [0.2, 0.25) is 0 Å². The van der Waals surface area contributed by atoms with Gasteiger partial charge in [-0.3, -0.25) is 24.1 Å². The number of amides is 5. The minimum Gasteiger partial charge on any atom is -0.480 e. The minimum absolute atomic E-state index is 0.0846. The van der Waals surface area contributed by atoms with Crippen molar-refractivity contribution in [2.45, 2.75) is 84.0 Å². The Labute approximate surface area is 258 Å². The number of carbonyl (C=O) groups excluding carboxylic acids is 5. The maximum Gasteiger partial charge on any atom is 0.417 e. The second-order valence-electron chi connectivity index (χ2n) is 11.0. The summed E-state index contributed by atoms with van der Waals surface area (Å²) in [7, 11) is 1.03. The summed E-state index contributed by atoms with van der Waals surface area (Å²) in [6.45, 7) is 4.59. The van der Waals surface area contributed by atoms with Crippen molar-refractivity contribution in [2.75, 3.05) is 20.3 Å². The predicted octanol–water partition coefficient (Wildman–Crippen LogP) is 0.637. The number of carboxylic acids is 1.